The van der Waals surface area contributed by atoms with Crippen LogP contribution in [0.15, 0.2) is 42.5 Å². The van der Waals surface area contributed by atoms with E-state index in [1.165, 1.54) is 0 Å². The van der Waals surface area contributed by atoms with Crippen LogP contribution in [0.1, 0.15) is 19.3 Å². The number of hydrogen-bond donors (Lipinski definition) is 0. The van der Waals surface area contributed by atoms with Gasteiger partial charge in [0.25, 0.3) is 0 Å². The lowest BCUT2D eigenvalue weighted by Gasteiger charge is -2.31. The first-order chi connectivity index (χ1) is 9.75. The fraction of sp³-hybridized carbons (Fsp3) is 0.412. The Morgan fingerprint density at radius 2 is 1.80 bits per heavy atom. The number of carbonyl (C=O) groups excluding carboxylic acids is 2. The van der Waals surface area contributed by atoms with E-state index in [2.05, 4.69) is 0 Å². The van der Waals surface area contributed by atoms with Gasteiger partial charge in [0.15, 0.2) is 0 Å². The largest absolute Gasteiger partial charge is 0.493 e. The Balaban J connectivity index is 1.71. The Morgan fingerprint density at radius 3 is 2.60 bits per heavy atom. The first kappa shape index (κ1) is 13.1. The van der Waals surface area contributed by atoms with Crippen LogP contribution >= 0.6 is 0 Å². The first-order valence-corrected chi connectivity index (χ1v) is 7.15. The lowest BCUT2D eigenvalue weighted by Crippen LogP contribution is -2.42. The standard InChI is InChI=1S/C17H18O3/c18-16-10-12(11-20-13-6-2-1-3-7-13)14-8-4-5-9-15(16)17(14)19/h1-7,12,14-15H,8-11H2. The highest BCUT2D eigenvalue weighted by molar-refractivity contribution is 6.06. The highest BCUT2D eigenvalue weighted by atomic mass is 16.5. The molecule has 0 heterocycles. The minimum absolute atomic E-state index is 0.00852. The van der Waals surface area contributed by atoms with E-state index in [0.29, 0.717) is 19.4 Å². The van der Waals surface area contributed by atoms with Crippen LogP contribution in [0.4, 0.5) is 0 Å². The predicted molar refractivity (Wildman–Crippen MR) is 75.4 cm³/mol. The summed E-state index contributed by atoms with van der Waals surface area (Å²) in [7, 11) is 0. The van der Waals surface area contributed by atoms with Crippen molar-refractivity contribution >= 4 is 11.6 Å². The summed E-state index contributed by atoms with van der Waals surface area (Å²) in [6.45, 7) is 0.437. The maximum Gasteiger partial charge on any atom is 0.147 e. The summed E-state index contributed by atoms with van der Waals surface area (Å²) in [4.78, 5) is 24.4. The molecule has 3 nitrogen and oxygen atoms in total. The average molecular weight is 270 g/mol. The van der Waals surface area contributed by atoms with E-state index in [0.717, 1.165) is 12.2 Å². The second kappa shape index (κ2) is 5.61. The number of ketones is 2. The van der Waals surface area contributed by atoms with Crippen molar-refractivity contribution in [2.24, 2.45) is 17.8 Å². The molecule has 1 aromatic rings. The van der Waals surface area contributed by atoms with Crippen LogP contribution in [0.3, 0.4) is 0 Å². The monoisotopic (exact) mass is 270 g/mol. The molecule has 0 N–H and O–H groups in total. The van der Waals surface area contributed by atoms with Gasteiger partial charge in [0.2, 0.25) is 0 Å². The molecule has 2 aliphatic rings. The summed E-state index contributed by atoms with van der Waals surface area (Å²) in [5, 5.41) is 0. The van der Waals surface area contributed by atoms with Gasteiger partial charge >= 0.3 is 0 Å². The van der Waals surface area contributed by atoms with Gasteiger partial charge in [-0.1, -0.05) is 30.4 Å². The molecule has 3 rings (SSSR count). The quantitative estimate of drug-likeness (QED) is 0.626. The number of benzene rings is 1. The molecule has 3 unspecified atom stereocenters. The van der Waals surface area contributed by atoms with Gasteiger partial charge in [-0.05, 0) is 25.0 Å². The molecule has 3 heteroatoms. The minimum Gasteiger partial charge on any atom is -0.493 e. The SMILES string of the molecule is O=C1CC(COc2ccccc2)C2CC=CCC1C2=O. The van der Waals surface area contributed by atoms with E-state index in [1.807, 2.05) is 42.5 Å². The van der Waals surface area contributed by atoms with Crippen LogP contribution in [0.2, 0.25) is 0 Å². The number of carbonyl (C=O) groups is 2. The Morgan fingerprint density at radius 1 is 1.05 bits per heavy atom. The molecule has 1 saturated carbocycles. The summed E-state index contributed by atoms with van der Waals surface area (Å²) in [6.07, 6.45) is 5.80. The van der Waals surface area contributed by atoms with Crippen molar-refractivity contribution < 1.29 is 14.3 Å². The number of rotatable bonds is 3. The van der Waals surface area contributed by atoms with Crippen LogP contribution in [0.5, 0.6) is 5.75 Å². The molecule has 0 saturated heterocycles. The Labute approximate surface area is 118 Å². The summed E-state index contributed by atoms with van der Waals surface area (Å²) in [6, 6.07) is 9.54. The lowest BCUT2D eigenvalue weighted by molar-refractivity contribution is -0.141. The van der Waals surface area contributed by atoms with Crippen molar-refractivity contribution in [3.8, 4) is 5.75 Å². The van der Waals surface area contributed by atoms with Crippen molar-refractivity contribution in [1.82, 2.24) is 0 Å². The van der Waals surface area contributed by atoms with Gasteiger partial charge in [-0.15, -0.1) is 0 Å². The maximum absolute atomic E-state index is 12.3. The van der Waals surface area contributed by atoms with Gasteiger partial charge in [-0.3, -0.25) is 9.59 Å². The highest BCUT2D eigenvalue weighted by Gasteiger charge is 2.43. The van der Waals surface area contributed by atoms with Crippen LogP contribution in [0, 0.1) is 17.8 Å². The van der Waals surface area contributed by atoms with Crippen molar-refractivity contribution in [2.75, 3.05) is 6.61 Å². The molecule has 1 aromatic carbocycles. The molecule has 3 atom stereocenters. The van der Waals surface area contributed by atoms with Crippen molar-refractivity contribution in [2.45, 2.75) is 19.3 Å². The number of para-hydroxylation sites is 1. The molecule has 0 aromatic heterocycles. The summed E-state index contributed by atoms with van der Waals surface area (Å²) < 4.78 is 5.75. The van der Waals surface area contributed by atoms with Gasteiger partial charge in [0.1, 0.15) is 17.3 Å². The molecule has 0 spiro atoms. The molecule has 1 fully saturated rings. The summed E-state index contributed by atoms with van der Waals surface area (Å²) >= 11 is 0. The molecule has 2 bridgehead atoms. The zero-order chi connectivity index (χ0) is 13.9. The van der Waals surface area contributed by atoms with Crippen molar-refractivity contribution in [3.05, 3.63) is 42.5 Å². The third kappa shape index (κ3) is 2.53. The number of ether oxygens (including phenoxy) is 1. The Bertz CT molecular complexity index is 532. The average Bonchev–Trinajstić information content (AvgIpc) is 2.61. The molecule has 20 heavy (non-hydrogen) atoms. The fourth-order valence-electron chi connectivity index (χ4n) is 3.12. The van der Waals surface area contributed by atoms with Gasteiger partial charge in [0, 0.05) is 18.3 Å². The van der Waals surface area contributed by atoms with Crippen molar-refractivity contribution in [1.29, 1.82) is 0 Å². The lowest BCUT2D eigenvalue weighted by atomic mass is 9.71. The number of Topliss-reactive ketones (excluding diaryl/α,β-unsaturated/α-hetero) is 2. The van der Waals surface area contributed by atoms with E-state index in [-0.39, 0.29) is 23.4 Å². The summed E-state index contributed by atoms with van der Waals surface area (Å²) in [5.41, 5.74) is 0. The Kier molecular flexibility index (Phi) is 3.68. The number of hydrogen-bond acceptors (Lipinski definition) is 3. The van der Waals surface area contributed by atoms with Gasteiger partial charge in [-0.2, -0.15) is 0 Å². The first-order valence-electron chi connectivity index (χ1n) is 7.15. The van der Waals surface area contributed by atoms with Gasteiger partial charge in [0.05, 0.1) is 12.5 Å². The zero-order valence-corrected chi connectivity index (χ0v) is 11.3. The fourth-order valence-corrected chi connectivity index (χ4v) is 3.12. The third-order valence-electron chi connectivity index (χ3n) is 4.27. The van der Waals surface area contributed by atoms with Crippen LogP contribution in [-0.4, -0.2) is 18.2 Å². The molecule has 0 amide bonds. The van der Waals surface area contributed by atoms with E-state index in [1.54, 1.807) is 0 Å². The highest BCUT2D eigenvalue weighted by Crippen LogP contribution is 2.35. The van der Waals surface area contributed by atoms with E-state index in [9.17, 15) is 9.59 Å². The maximum atomic E-state index is 12.3. The molecular weight excluding hydrogens is 252 g/mol. The van der Waals surface area contributed by atoms with E-state index >= 15 is 0 Å². The van der Waals surface area contributed by atoms with E-state index < -0.39 is 5.92 Å². The van der Waals surface area contributed by atoms with E-state index in [4.69, 9.17) is 4.74 Å². The molecule has 104 valence electrons. The minimum atomic E-state index is -0.397. The number of fused-ring (bicyclic) bond motifs is 2. The number of allylic oxidation sites excluding steroid dienone is 2. The second-order valence-electron chi connectivity index (χ2n) is 5.56. The van der Waals surface area contributed by atoms with Gasteiger partial charge in [-0.25, -0.2) is 0 Å². The van der Waals surface area contributed by atoms with Crippen LogP contribution < -0.4 is 4.74 Å². The summed E-state index contributed by atoms with van der Waals surface area (Å²) in [5.74, 6) is 0.548. The Hall–Kier alpha value is -1.90. The molecule has 0 radical (unpaired) electrons. The second-order valence-corrected chi connectivity index (χ2v) is 5.56. The van der Waals surface area contributed by atoms with Crippen LogP contribution in [-0.2, 0) is 9.59 Å². The predicted octanol–water partition coefficient (Wildman–Crippen LogP) is 2.81. The normalized spacial score (nSPS) is 29.1. The molecule has 2 aliphatic carbocycles. The van der Waals surface area contributed by atoms with Crippen molar-refractivity contribution in [3.63, 3.8) is 0 Å². The third-order valence-corrected chi connectivity index (χ3v) is 4.27. The zero-order valence-electron chi connectivity index (χ0n) is 11.3. The topological polar surface area (TPSA) is 43.4 Å². The molecule has 0 aliphatic heterocycles. The smallest absolute Gasteiger partial charge is 0.147 e. The molecular formula is C17H18O3. The van der Waals surface area contributed by atoms with Crippen LogP contribution in [0.25, 0.3) is 0 Å². The van der Waals surface area contributed by atoms with Gasteiger partial charge < -0.3 is 4.74 Å².